The SMILES string of the molecule is CCCNc1cc(S(=O)(=O)N2CCCC2)ccc1[N+](=O)[O-]. The van der Waals surface area contributed by atoms with Gasteiger partial charge in [0.1, 0.15) is 5.69 Å². The Hall–Kier alpha value is -1.67. The molecule has 1 aliphatic rings. The van der Waals surface area contributed by atoms with Crippen molar-refractivity contribution < 1.29 is 13.3 Å². The minimum absolute atomic E-state index is 0.105. The molecule has 0 radical (unpaired) electrons. The van der Waals surface area contributed by atoms with Gasteiger partial charge in [0.15, 0.2) is 0 Å². The van der Waals surface area contributed by atoms with Crippen LogP contribution in [0.15, 0.2) is 23.1 Å². The third-order valence-electron chi connectivity index (χ3n) is 3.43. The van der Waals surface area contributed by atoms with Crippen LogP contribution in [0.25, 0.3) is 0 Å². The Bertz CT molecular complexity index is 624. The molecule has 0 amide bonds. The van der Waals surface area contributed by atoms with Crippen molar-refractivity contribution in [1.82, 2.24) is 4.31 Å². The fourth-order valence-electron chi connectivity index (χ4n) is 2.31. The zero-order valence-electron chi connectivity index (χ0n) is 11.9. The number of nitro groups is 1. The lowest BCUT2D eigenvalue weighted by Gasteiger charge is -2.16. The van der Waals surface area contributed by atoms with Crippen molar-refractivity contribution in [3.8, 4) is 0 Å². The second-order valence-corrected chi connectivity index (χ2v) is 6.91. The van der Waals surface area contributed by atoms with E-state index in [1.807, 2.05) is 6.92 Å². The Morgan fingerprint density at radius 3 is 2.57 bits per heavy atom. The van der Waals surface area contributed by atoms with Gasteiger partial charge < -0.3 is 5.32 Å². The average Bonchev–Trinajstić information content (AvgIpc) is 2.99. The average molecular weight is 313 g/mol. The molecule has 0 unspecified atom stereocenters. The van der Waals surface area contributed by atoms with Gasteiger partial charge in [-0.05, 0) is 31.4 Å². The lowest BCUT2D eigenvalue weighted by Crippen LogP contribution is -2.27. The standard InChI is InChI=1S/C13H19N3O4S/c1-2-7-14-12-10-11(5-6-13(12)16(17)18)21(19,20)15-8-3-4-9-15/h5-6,10,14H,2-4,7-9H2,1H3. The second-order valence-electron chi connectivity index (χ2n) is 4.97. The van der Waals surface area contributed by atoms with Crippen LogP contribution in [0.3, 0.4) is 0 Å². The molecule has 116 valence electrons. The minimum atomic E-state index is -3.56. The number of nitro benzene ring substituents is 1. The number of anilines is 1. The van der Waals surface area contributed by atoms with Gasteiger partial charge in [0.05, 0.1) is 9.82 Å². The first-order valence-electron chi connectivity index (χ1n) is 6.99. The molecule has 1 fully saturated rings. The quantitative estimate of drug-likeness (QED) is 0.642. The maximum Gasteiger partial charge on any atom is 0.292 e. The summed E-state index contributed by atoms with van der Waals surface area (Å²) < 4.78 is 26.4. The summed E-state index contributed by atoms with van der Waals surface area (Å²) in [5.41, 5.74) is 0.144. The first kappa shape index (κ1) is 15.7. The van der Waals surface area contributed by atoms with Crippen molar-refractivity contribution in [3.63, 3.8) is 0 Å². The topological polar surface area (TPSA) is 92.6 Å². The highest BCUT2D eigenvalue weighted by molar-refractivity contribution is 7.89. The molecule has 1 aromatic carbocycles. The molecular formula is C13H19N3O4S. The van der Waals surface area contributed by atoms with Gasteiger partial charge in [0.25, 0.3) is 5.69 Å². The molecule has 21 heavy (non-hydrogen) atoms. The normalized spacial score (nSPS) is 16.0. The van der Waals surface area contributed by atoms with Crippen molar-refractivity contribution in [2.45, 2.75) is 31.1 Å². The van der Waals surface area contributed by atoms with E-state index in [4.69, 9.17) is 0 Å². The molecule has 1 N–H and O–H groups in total. The number of nitrogens with zero attached hydrogens (tertiary/aromatic N) is 2. The van der Waals surface area contributed by atoms with E-state index in [0.29, 0.717) is 19.6 Å². The molecule has 0 aromatic heterocycles. The molecule has 0 aliphatic carbocycles. The van der Waals surface area contributed by atoms with Gasteiger partial charge in [0, 0.05) is 25.7 Å². The van der Waals surface area contributed by atoms with Crippen molar-refractivity contribution in [2.24, 2.45) is 0 Å². The summed E-state index contributed by atoms with van der Waals surface area (Å²) in [5, 5.41) is 13.9. The Morgan fingerprint density at radius 1 is 1.33 bits per heavy atom. The maximum absolute atomic E-state index is 12.5. The van der Waals surface area contributed by atoms with Crippen molar-refractivity contribution in [1.29, 1.82) is 0 Å². The van der Waals surface area contributed by atoms with E-state index in [1.54, 1.807) is 0 Å². The highest BCUT2D eigenvalue weighted by atomic mass is 32.2. The summed E-state index contributed by atoms with van der Waals surface area (Å²) in [5.74, 6) is 0. The fourth-order valence-corrected chi connectivity index (χ4v) is 3.86. The number of hydrogen-bond acceptors (Lipinski definition) is 5. The lowest BCUT2D eigenvalue weighted by atomic mass is 10.2. The van der Waals surface area contributed by atoms with Gasteiger partial charge in [-0.15, -0.1) is 0 Å². The van der Waals surface area contributed by atoms with E-state index in [1.165, 1.54) is 22.5 Å². The van der Waals surface area contributed by atoms with Gasteiger partial charge in [-0.3, -0.25) is 10.1 Å². The highest BCUT2D eigenvalue weighted by Crippen LogP contribution is 2.29. The number of rotatable bonds is 6. The smallest absolute Gasteiger partial charge is 0.292 e. The van der Waals surface area contributed by atoms with E-state index in [-0.39, 0.29) is 16.3 Å². The largest absolute Gasteiger partial charge is 0.379 e. The molecule has 1 aromatic rings. The van der Waals surface area contributed by atoms with E-state index < -0.39 is 14.9 Å². The third-order valence-corrected chi connectivity index (χ3v) is 5.33. The molecule has 8 heteroatoms. The second kappa shape index (κ2) is 6.40. The van der Waals surface area contributed by atoms with Gasteiger partial charge in [0.2, 0.25) is 10.0 Å². The Kier molecular flexibility index (Phi) is 4.79. The third kappa shape index (κ3) is 3.33. The van der Waals surface area contributed by atoms with Crippen LogP contribution in [-0.2, 0) is 10.0 Å². The molecule has 2 rings (SSSR count). The van der Waals surface area contributed by atoms with E-state index >= 15 is 0 Å². The van der Waals surface area contributed by atoms with Crippen LogP contribution in [0.5, 0.6) is 0 Å². The van der Waals surface area contributed by atoms with Gasteiger partial charge in [-0.25, -0.2) is 8.42 Å². The summed E-state index contributed by atoms with van der Waals surface area (Å²) >= 11 is 0. The summed E-state index contributed by atoms with van der Waals surface area (Å²) in [6.45, 7) is 3.51. The maximum atomic E-state index is 12.5. The molecule has 0 bridgehead atoms. The zero-order valence-corrected chi connectivity index (χ0v) is 12.7. The zero-order chi connectivity index (χ0) is 15.5. The summed E-state index contributed by atoms with van der Waals surface area (Å²) in [7, 11) is -3.56. The van der Waals surface area contributed by atoms with Crippen molar-refractivity contribution in [3.05, 3.63) is 28.3 Å². The molecular weight excluding hydrogens is 294 g/mol. The molecule has 0 atom stereocenters. The minimum Gasteiger partial charge on any atom is -0.379 e. The monoisotopic (exact) mass is 313 g/mol. The van der Waals surface area contributed by atoms with Gasteiger partial charge in [-0.1, -0.05) is 6.92 Å². The number of sulfonamides is 1. The molecule has 0 spiro atoms. The summed E-state index contributed by atoms with van der Waals surface area (Å²) in [6, 6.07) is 3.92. The van der Waals surface area contributed by atoms with Crippen LogP contribution in [0, 0.1) is 10.1 Å². The van der Waals surface area contributed by atoms with Crippen LogP contribution in [0.1, 0.15) is 26.2 Å². The predicted octanol–water partition coefficient (Wildman–Crippen LogP) is 2.20. The van der Waals surface area contributed by atoms with E-state index in [2.05, 4.69) is 5.32 Å². The predicted molar refractivity (Wildman–Crippen MR) is 79.9 cm³/mol. The molecule has 1 aliphatic heterocycles. The lowest BCUT2D eigenvalue weighted by molar-refractivity contribution is -0.384. The Labute approximate surface area is 124 Å². The van der Waals surface area contributed by atoms with Crippen molar-refractivity contribution in [2.75, 3.05) is 25.0 Å². The Balaban J connectivity index is 2.38. The van der Waals surface area contributed by atoms with Crippen LogP contribution >= 0.6 is 0 Å². The van der Waals surface area contributed by atoms with Crippen LogP contribution in [-0.4, -0.2) is 37.3 Å². The van der Waals surface area contributed by atoms with Crippen LogP contribution in [0.4, 0.5) is 11.4 Å². The van der Waals surface area contributed by atoms with E-state index in [0.717, 1.165) is 19.3 Å². The summed E-state index contributed by atoms with van der Waals surface area (Å²) in [6.07, 6.45) is 2.50. The number of nitrogens with one attached hydrogen (secondary N) is 1. The van der Waals surface area contributed by atoms with Gasteiger partial charge in [-0.2, -0.15) is 4.31 Å². The highest BCUT2D eigenvalue weighted by Gasteiger charge is 2.28. The first-order chi connectivity index (χ1) is 9.96. The molecule has 7 nitrogen and oxygen atoms in total. The molecule has 1 heterocycles. The summed E-state index contributed by atoms with van der Waals surface area (Å²) in [4.78, 5) is 10.6. The van der Waals surface area contributed by atoms with Crippen LogP contribution in [0.2, 0.25) is 0 Å². The van der Waals surface area contributed by atoms with E-state index in [9.17, 15) is 18.5 Å². The molecule has 1 saturated heterocycles. The van der Waals surface area contributed by atoms with Crippen LogP contribution < -0.4 is 5.32 Å². The first-order valence-corrected chi connectivity index (χ1v) is 8.43. The Morgan fingerprint density at radius 2 is 2.00 bits per heavy atom. The number of hydrogen-bond donors (Lipinski definition) is 1. The van der Waals surface area contributed by atoms with Gasteiger partial charge >= 0.3 is 0 Å². The number of benzene rings is 1. The fraction of sp³-hybridized carbons (Fsp3) is 0.538. The molecule has 0 saturated carbocycles. The van der Waals surface area contributed by atoms with Crippen molar-refractivity contribution >= 4 is 21.4 Å².